The third-order valence-electron chi connectivity index (χ3n) is 1.75. The van der Waals surface area contributed by atoms with Crippen LogP contribution in [0.4, 0.5) is 0 Å². The predicted molar refractivity (Wildman–Crippen MR) is 43.3 cm³/mol. The van der Waals surface area contributed by atoms with Crippen molar-refractivity contribution in [3.05, 3.63) is 0 Å². The Morgan fingerprint density at radius 1 is 1.64 bits per heavy atom. The Morgan fingerprint density at radius 3 is 2.55 bits per heavy atom. The van der Waals surface area contributed by atoms with Gasteiger partial charge in [-0.15, -0.1) is 0 Å². The molecule has 64 valence electrons. The van der Waals surface area contributed by atoms with Gasteiger partial charge in [0.2, 0.25) is 6.08 Å². The second-order valence-electron chi connectivity index (χ2n) is 2.95. The standard InChI is InChI=1S/C8H15NO2/c1-5-11-7(2)8(3,4)9-6-10/h7H,5H2,1-4H3. The van der Waals surface area contributed by atoms with E-state index in [1.165, 1.54) is 0 Å². The highest BCUT2D eigenvalue weighted by molar-refractivity contribution is 5.34. The highest BCUT2D eigenvalue weighted by Gasteiger charge is 2.25. The lowest BCUT2D eigenvalue weighted by Crippen LogP contribution is -2.34. The molecule has 3 heteroatoms. The lowest BCUT2D eigenvalue weighted by atomic mass is 10.00. The zero-order chi connectivity index (χ0) is 8.91. The fraction of sp³-hybridized carbons (Fsp3) is 0.875. The largest absolute Gasteiger partial charge is 0.376 e. The van der Waals surface area contributed by atoms with Crippen molar-refractivity contribution in [2.24, 2.45) is 4.99 Å². The molecule has 0 spiro atoms. The summed E-state index contributed by atoms with van der Waals surface area (Å²) in [5, 5.41) is 0. The summed E-state index contributed by atoms with van der Waals surface area (Å²) in [6.45, 7) is 8.14. The number of hydrogen-bond acceptors (Lipinski definition) is 3. The van der Waals surface area contributed by atoms with Crippen LogP contribution in [0.15, 0.2) is 4.99 Å². The Bertz CT molecular complexity index is 159. The maximum atomic E-state index is 9.98. The third kappa shape index (κ3) is 3.30. The van der Waals surface area contributed by atoms with Crippen LogP contribution in [0.2, 0.25) is 0 Å². The molecule has 0 N–H and O–H groups in total. The van der Waals surface area contributed by atoms with Crippen molar-refractivity contribution < 1.29 is 9.53 Å². The molecule has 0 aromatic carbocycles. The van der Waals surface area contributed by atoms with Gasteiger partial charge in [0.05, 0.1) is 11.6 Å². The van der Waals surface area contributed by atoms with Crippen LogP contribution in [0.5, 0.6) is 0 Å². The van der Waals surface area contributed by atoms with E-state index >= 15 is 0 Å². The average molecular weight is 157 g/mol. The zero-order valence-corrected chi connectivity index (χ0v) is 7.55. The summed E-state index contributed by atoms with van der Waals surface area (Å²) in [6, 6.07) is 0. The van der Waals surface area contributed by atoms with E-state index in [0.717, 1.165) is 0 Å². The maximum Gasteiger partial charge on any atom is 0.235 e. The molecular weight excluding hydrogens is 142 g/mol. The van der Waals surface area contributed by atoms with Gasteiger partial charge in [0.15, 0.2) is 0 Å². The molecule has 1 unspecified atom stereocenters. The Labute approximate surface area is 67.5 Å². The van der Waals surface area contributed by atoms with E-state index < -0.39 is 5.54 Å². The summed E-state index contributed by atoms with van der Waals surface area (Å²) < 4.78 is 5.29. The minimum absolute atomic E-state index is 0.0473. The van der Waals surface area contributed by atoms with Gasteiger partial charge in [-0.25, -0.2) is 4.79 Å². The first kappa shape index (κ1) is 10.3. The van der Waals surface area contributed by atoms with Crippen LogP contribution in [0.1, 0.15) is 27.7 Å². The van der Waals surface area contributed by atoms with Gasteiger partial charge in [-0.2, -0.15) is 4.99 Å². The van der Waals surface area contributed by atoms with Crippen LogP contribution in [-0.4, -0.2) is 24.3 Å². The van der Waals surface area contributed by atoms with E-state index in [2.05, 4.69) is 4.99 Å². The van der Waals surface area contributed by atoms with Gasteiger partial charge in [-0.05, 0) is 27.7 Å². The molecule has 0 aliphatic carbocycles. The number of ether oxygens (including phenoxy) is 1. The minimum atomic E-state index is -0.461. The van der Waals surface area contributed by atoms with Crippen molar-refractivity contribution in [3.8, 4) is 0 Å². The molecule has 0 rings (SSSR count). The van der Waals surface area contributed by atoms with E-state index in [0.29, 0.717) is 6.61 Å². The highest BCUT2D eigenvalue weighted by atomic mass is 16.5. The monoisotopic (exact) mass is 157 g/mol. The summed E-state index contributed by atoms with van der Waals surface area (Å²) in [6.07, 6.45) is 1.50. The molecule has 0 radical (unpaired) electrons. The van der Waals surface area contributed by atoms with Crippen molar-refractivity contribution >= 4 is 6.08 Å². The van der Waals surface area contributed by atoms with Gasteiger partial charge in [0.1, 0.15) is 0 Å². The summed E-state index contributed by atoms with van der Waals surface area (Å²) in [5.41, 5.74) is -0.461. The van der Waals surface area contributed by atoms with Gasteiger partial charge >= 0.3 is 0 Å². The lowest BCUT2D eigenvalue weighted by Gasteiger charge is -2.25. The first-order valence-electron chi connectivity index (χ1n) is 3.75. The fourth-order valence-corrected chi connectivity index (χ4v) is 0.662. The number of aliphatic imine (C=N–C) groups is 1. The number of nitrogens with zero attached hydrogens (tertiary/aromatic N) is 1. The first-order valence-corrected chi connectivity index (χ1v) is 3.75. The zero-order valence-electron chi connectivity index (χ0n) is 7.55. The highest BCUT2D eigenvalue weighted by Crippen LogP contribution is 2.16. The van der Waals surface area contributed by atoms with E-state index in [1.54, 1.807) is 6.08 Å². The molecule has 0 amide bonds. The lowest BCUT2D eigenvalue weighted by molar-refractivity contribution is 0.0319. The molecule has 11 heavy (non-hydrogen) atoms. The van der Waals surface area contributed by atoms with Gasteiger partial charge in [-0.3, -0.25) is 0 Å². The Hall–Kier alpha value is -0.660. The fourth-order valence-electron chi connectivity index (χ4n) is 0.662. The second-order valence-corrected chi connectivity index (χ2v) is 2.95. The topological polar surface area (TPSA) is 38.7 Å². The van der Waals surface area contributed by atoms with E-state index in [1.807, 2.05) is 27.7 Å². The van der Waals surface area contributed by atoms with Crippen LogP contribution in [-0.2, 0) is 9.53 Å². The molecule has 0 saturated carbocycles. The summed E-state index contributed by atoms with van der Waals surface area (Å²) in [4.78, 5) is 13.6. The van der Waals surface area contributed by atoms with Crippen LogP contribution in [0, 0.1) is 0 Å². The number of carbonyl (C=O) groups excluding carboxylic acids is 1. The molecule has 3 nitrogen and oxygen atoms in total. The van der Waals surface area contributed by atoms with Gasteiger partial charge in [0, 0.05) is 6.61 Å². The van der Waals surface area contributed by atoms with Gasteiger partial charge < -0.3 is 4.74 Å². The van der Waals surface area contributed by atoms with E-state index in [-0.39, 0.29) is 6.10 Å². The molecule has 0 aliphatic heterocycles. The van der Waals surface area contributed by atoms with Crippen molar-refractivity contribution in [2.75, 3.05) is 6.61 Å². The molecule has 0 heterocycles. The van der Waals surface area contributed by atoms with Crippen molar-refractivity contribution in [3.63, 3.8) is 0 Å². The van der Waals surface area contributed by atoms with Crippen LogP contribution in [0.25, 0.3) is 0 Å². The van der Waals surface area contributed by atoms with Crippen molar-refractivity contribution in [2.45, 2.75) is 39.3 Å². The Balaban J connectivity index is 4.15. The number of hydrogen-bond donors (Lipinski definition) is 0. The molecule has 1 atom stereocenters. The van der Waals surface area contributed by atoms with E-state index in [4.69, 9.17) is 4.74 Å². The van der Waals surface area contributed by atoms with Crippen molar-refractivity contribution in [1.29, 1.82) is 0 Å². The van der Waals surface area contributed by atoms with Crippen LogP contribution >= 0.6 is 0 Å². The van der Waals surface area contributed by atoms with Crippen molar-refractivity contribution in [1.82, 2.24) is 0 Å². The average Bonchev–Trinajstić information content (AvgIpc) is 1.88. The van der Waals surface area contributed by atoms with Gasteiger partial charge in [-0.1, -0.05) is 0 Å². The molecule has 0 bridgehead atoms. The Kier molecular flexibility index (Phi) is 4.01. The first-order chi connectivity index (χ1) is 5.04. The molecule has 0 fully saturated rings. The quantitative estimate of drug-likeness (QED) is 0.458. The third-order valence-corrected chi connectivity index (χ3v) is 1.75. The maximum absolute atomic E-state index is 9.98. The normalized spacial score (nSPS) is 13.8. The van der Waals surface area contributed by atoms with E-state index in [9.17, 15) is 4.79 Å². The molecule has 0 aromatic heterocycles. The Morgan fingerprint density at radius 2 is 2.18 bits per heavy atom. The summed E-state index contributed by atoms with van der Waals surface area (Å²) >= 11 is 0. The molecule has 0 aliphatic rings. The summed E-state index contributed by atoms with van der Waals surface area (Å²) in [7, 11) is 0. The molecular formula is C8H15NO2. The second kappa shape index (κ2) is 4.27. The van der Waals surface area contributed by atoms with Crippen LogP contribution in [0.3, 0.4) is 0 Å². The number of isocyanates is 1. The van der Waals surface area contributed by atoms with Gasteiger partial charge in [0.25, 0.3) is 0 Å². The molecule has 0 saturated heterocycles. The minimum Gasteiger partial charge on any atom is -0.376 e. The predicted octanol–water partition coefficient (Wildman–Crippen LogP) is 1.53. The van der Waals surface area contributed by atoms with Crippen LogP contribution < -0.4 is 0 Å². The number of rotatable bonds is 4. The smallest absolute Gasteiger partial charge is 0.235 e. The SMILES string of the molecule is CCOC(C)C(C)(C)N=C=O. The summed E-state index contributed by atoms with van der Waals surface area (Å²) in [5.74, 6) is 0. The molecule has 0 aromatic rings.